The maximum Gasteiger partial charge on any atom is 0.257 e. The first-order valence-corrected chi connectivity index (χ1v) is 7.31. The SMILES string of the molecule is CNc1ccccc1C(=O)Nc1ccc(Br)c(Cl)c1Cl. The molecule has 0 heterocycles. The van der Waals surface area contributed by atoms with Crippen LogP contribution in [0.2, 0.25) is 10.0 Å². The summed E-state index contributed by atoms with van der Waals surface area (Å²) in [5.74, 6) is -0.254. The van der Waals surface area contributed by atoms with Crippen molar-refractivity contribution >= 4 is 56.4 Å². The Morgan fingerprint density at radius 3 is 2.45 bits per heavy atom. The fraction of sp³-hybridized carbons (Fsp3) is 0.0714. The molecule has 0 atom stereocenters. The molecule has 2 N–H and O–H groups in total. The van der Waals surface area contributed by atoms with Gasteiger partial charge in [0.15, 0.2) is 0 Å². The van der Waals surface area contributed by atoms with E-state index >= 15 is 0 Å². The summed E-state index contributed by atoms with van der Waals surface area (Å²) in [6.07, 6.45) is 0. The van der Waals surface area contributed by atoms with Crippen LogP contribution in [0.1, 0.15) is 10.4 Å². The van der Waals surface area contributed by atoms with E-state index in [4.69, 9.17) is 23.2 Å². The summed E-state index contributed by atoms with van der Waals surface area (Å²) in [6, 6.07) is 10.6. The molecule has 0 aliphatic rings. The Balaban J connectivity index is 2.31. The lowest BCUT2D eigenvalue weighted by Gasteiger charge is -2.11. The Kier molecular flexibility index (Phi) is 4.91. The highest BCUT2D eigenvalue weighted by Gasteiger charge is 2.14. The summed E-state index contributed by atoms with van der Waals surface area (Å²) >= 11 is 15.4. The van der Waals surface area contributed by atoms with Gasteiger partial charge in [-0.3, -0.25) is 4.79 Å². The van der Waals surface area contributed by atoms with Crippen LogP contribution in [0.25, 0.3) is 0 Å². The largest absolute Gasteiger partial charge is 0.387 e. The molecule has 0 bridgehead atoms. The van der Waals surface area contributed by atoms with Crippen molar-refractivity contribution in [2.45, 2.75) is 0 Å². The number of benzene rings is 2. The lowest BCUT2D eigenvalue weighted by atomic mass is 10.1. The van der Waals surface area contributed by atoms with Gasteiger partial charge in [-0.2, -0.15) is 0 Å². The van der Waals surface area contributed by atoms with E-state index in [0.29, 0.717) is 25.8 Å². The number of amides is 1. The van der Waals surface area contributed by atoms with Crippen LogP contribution >= 0.6 is 39.1 Å². The summed E-state index contributed by atoms with van der Waals surface area (Å²) in [5, 5.41) is 6.39. The van der Waals surface area contributed by atoms with Crippen LogP contribution in [0, 0.1) is 0 Å². The maximum atomic E-state index is 12.3. The van der Waals surface area contributed by atoms with Crippen molar-refractivity contribution in [1.29, 1.82) is 0 Å². The molecule has 2 aromatic carbocycles. The van der Waals surface area contributed by atoms with E-state index in [9.17, 15) is 4.79 Å². The van der Waals surface area contributed by atoms with Crippen molar-refractivity contribution in [3.63, 3.8) is 0 Å². The van der Waals surface area contributed by atoms with Crippen LogP contribution in [0.3, 0.4) is 0 Å². The molecule has 0 unspecified atom stereocenters. The number of para-hydroxylation sites is 1. The molecule has 1 amide bonds. The Morgan fingerprint density at radius 2 is 1.75 bits per heavy atom. The summed E-state index contributed by atoms with van der Waals surface area (Å²) in [6.45, 7) is 0. The fourth-order valence-electron chi connectivity index (χ4n) is 1.71. The van der Waals surface area contributed by atoms with E-state index in [-0.39, 0.29) is 5.91 Å². The molecule has 3 nitrogen and oxygen atoms in total. The molecule has 0 radical (unpaired) electrons. The first kappa shape index (κ1) is 15.2. The second-order valence-corrected chi connectivity index (χ2v) is 5.58. The number of carbonyl (C=O) groups excluding carboxylic acids is 1. The number of halogens is 3. The van der Waals surface area contributed by atoms with E-state index in [1.165, 1.54) is 0 Å². The zero-order chi connectivity index (χ0) is 14.7. The monoisotopic (exact) mass is 372 g/mol. The maximum absolute atomic E-state index is 12.3. The third-order valence-corrected chi connectivity index (χ3v) is 4.50. The summed E-state index contributed by atoms with van der Waals surface area (Å²) in [7, 11) is 1.76. The van der Waals surface area contributed by atoms with E-state index in [1.807, 2.05) is 12.1 Å². The zero-order valence-electron chi connectivity index (χ0n) is 10.5. The molecule has 6 heteroatoms. The van der Waals surface area contributed by atoms with Crippen LogP contribution in [0.5, 0.6) is 0 Å². The number of rotatable bonds is 3. The van der Waals surface area contributed by atoms with Crippen LogP contribution in [0.4, 0.5) is 11.4 Å². The smallest absolute Gasteiger partial charge is 0.257 e. The molecule has 0 aliphatic heterocycles. The van der Waals surface area contributed by atoms with Gasteiger partial charge >= 0.3 is 0 Å². The number of hydrogen-bond acceptors (Lipinski definition) is 2. The van der Waals surface area contributed by atoms with Crippen molar-refractivity contribution in [2.24, 2.45) is 0 Å². The lowest BCUT2D eigenvalue weighted by molar-refractivity contribution is 0.102. The number of carbonyl (C=O) groups is 1. The summed E-state index contributed by atoms with van der Waals surface area (Å²) in [4.78, 5) is 12.3. The number of nitrogens with one attached hydrogen (secondary N) is 2. The molecule has 0 saturated heterocycles. The molecular weight excluding hydrogens is 363 g/mol. The van der Waals surface area contributed by atoms with Gasteiger partial charge in [-0.1, -0.05) is 35.3 Å². The Labute approximate surface area is 135 Å². The second-order valence-electron chi connectivity index (χ2n) is 3.97. The first-order valence-electron chi connectivity index (χ1n) is 5.76. The van der Waals surface area contributed by atoms with Crippen LogP contribution in [0.15, 0.2) is 40.9 Å². The third kappa shape index (κ3) is 3.08. The minimum absolute atomic E-state index is 0.254. The van der Waals surface area contributed by atoms with Crippen molar-refractivity contribution in [3.8, 4) is 0 Å². The van der Waals surface area contributed by atoms with Crippen LogP contribution < -0.4 is 10.6 Å². The molecule has 20 heavy (non-hydrogen) atoms. The predicted molar refractivity (Wildman–Crippen MR) is 88.1 cm³/mol. The highest BCUT2D eigenvalue weighted by Crippen LogP contribution is 2.36. The Hall–Kier alpha value is -1.23. The number of hydrogen-bond donors (Lipinski definition) is 2. The Morgan fingerprint density at radius 1 is 1.05 bits per heavy atom. The molecule has 104 valence electrons. The minimum Gasteiger partial charge on any atom is -0.387 e. The Bertz CT molecular complexity index is 662. The predicted octanol–water partition coefficient (Wildman–Crippen LogP) is 5.05. The van der Waals surface area contributed by atoms with Gasteiger partial charge in [0, 0.05) is 17.2 Å². The third-order valence-electron chi connectivity index (χ3n) is 2.72. The van der Waals surface area contributed by atoms with E-state index in [0.717, 1.165) is 5.69 Å². The molecule has 0 fully saturated rings. The standard InChI is InChI=1S/C14H11BrCl2N2O/c1-18-10-5-3-2-4-8(10)14(20)19-11-7-6-9(15)12(16)13(11)17/h2-7,18H,1H3,(H,19,20). The first-order chi connectivity index (χ1) is 9.54. The van der Waals surface area contributed by atoms with Crippen molar-refractivity contribution < 1.29 is 4.79 Å². The highest BCUT2D eigenvalue weighted by molar-refractivity contribution is 9.10. The molecule has 2 rings (SSSR count). The topological polar surface area (TPSA) is 41.1 Å². The van der Waals surface area contributed by atoms with E-state index in [1.54, 1.807) is 31.3 Å². The van der Waals surface area contributed by atoms with Gasteiger partial charge in [0.1, 0.15) is 0 Å². The summed E-state index contributed by atoms with van der Waals surface area (Å²) < 4.78 is 0.679. The zero-order valence-corrected chi connectivity index (χ0v) is 13.6. The fourth-order valence-corrected chi connectivity index (χ4v) is 2.53. The molecule has 2 aromatic rings. The van der Waals surface area contributed by atoms with Gasteiger partial charge < -0.3 is 10.6 Å². The lowest BCUT2D eigenvalue weighted by Crippen LogP contribution is -2.14. The quantitative estimate of drug-likeness (QED) is 0.739. The van der Waals surface area contributed by atoms with Crippen molar-refractivity contribution in [2.75, 3.05) is 17.7 Å². The average molecular weight is 374 g/mol. The molecule has 0 saturated carbocycles. The average Bonchev–Trinajstić information content (AvgIpc) is 2.47. The van der Waals surface area contributed by atoms with Gasteiger partial charge in [-0.25, -0.2) is 0 Å². The van der Waals surface area contributed by atoms with Gasteiger partial charge in [-0.15, -0.1) is 0 Å². The molecule has 0 spiro atoms. The normalized spacial score (nSPS) is 10.2. The van der Waals surface area contributed by atoms with Gasteiger partial charge in [0.05, 0.1) is 21.3 Å². The van der Waals surface area contributed by atoms with Crippen LogP contribution in [-0.4, -0.2) is 13.0 Å². The minimum atomic E-state index is -0.254. The molecule has 0 aliphatic carbocycles. The molecule has 0 aromatic heterocycles. The van der Waals surface area contributed by atoms with Gasteiger partial charge in [0.25, 0.3) is 5.91 Å². The second kappa shape index (κ2) is 6.48. The van der Waals surface area contributed by atoms with Crippen molar-refractivity contribution in [1.82, 2.24) is 0 Å². The van der Waals surface area contributed by atoms with E-state index in [2.05, 4.69) is 26.6 Å². The summed E-state index contributed by atoms with van der Waals surface area (Å²) in [5.41, 5.74) is 1.74. The van der Waals surface area contributed by atoms with Gasteiger partial charge in [-0.05, 0) is 40.2 Å². The van der Waals surface area contributed by atoms with Gasteiger partial charge in [0.2, 0.25) is 0 Å². The molecular formula is C14H11BrCl2N2O. The highest BCUT2D eigenvalue weighted by atomic mass is 79.9. The van der Waals surface area contributed by atoms with Crippen LogP contribution in [-0.2, 0) is 0 Å². The number of anilines is 2. The van der Waals surface area contributed by atoms with E-state index < -0.39 is 0 Å². The van der Waals surface area contributed by atoms with Crippen molar-refractivity contribution in [3.05, 3.63) is 56.5 Å².